The number of benzene rings is 1. The molecule has 7 nitrogen and oxygen atoms in total. The van der Waals surface area contributed by atoms with Gasteiger partial charge in [0.25, 0.3) is 0 Å². The molecule has 1 amide bonds. The van der Waals surface area contributed by atoms with Crippen molar-refractivity contribution in [3.05, 3.63) is 60.3 Å². The highest BCUT2D eigenvalue weighted by Gasteiger charge is 2.25. The van der Waals surface area contributed by atoms with Crippen LogP contribution in [0.1, 0.15) is 17.7 Å². The number of nitrogens with zero attached hydrogens (tertiary/aromatic N) is 3. The van der Waals surface area contributed by atoms with Gasteiger partial charge in [-0.1, -0.05) is 0 Å². The van der Waals surface area contributed by atoms with Crippen LogP contribution < -0.4 is 10.1 Å². The van der Waals surface area contributed by atoms with Crippen molar-refractivity contribution >= 4 is 11.6 Å². The van der Waals surface area contributed by atoms with Gasteiger partial charge in [-0.05, 0) is 42.7 Å². The molecule has 1 aromatic carbocycles. The highest BCUT2D eigenvalue weighted by Crippen LogP contribution is 2.26. The number of amides is 1. The highest BCUT2D eigenvalue weighted by atomic mass is 16.5. The van der Waals surface area contributed by atoms with Crippen molar-refractivity contribution in [2.24, 2.45) is 5.92 Å². The number of fused-ring (bicyclic) bond motifs is 1. The van der Waals surface area contributed by atoms with Crippen LogP contribution in [0.3, 0.4) is 0 Å². The number of aryl methyl sites for hydroxylation is 1. The first-order chi connectivity index (χ1) is 12.3. The second-order valence-electron chi connectivity index (χ2n) is 5.97. The lowest BCUT2D eigenvalue weighted by atomic mass is 9.87. The molecular formula is C18H17N5O2. The van der Waals surface area contributed by atoms with Gasteiger partial charge in [0.2, 0.25) is 11.8 Å². The van der Waals surface area contributed by atoms with Gasteiger partial charge in [0.05, 0.1) is 12.4 Å². The Bertz CT molecular complexity index is 861. The van der Waals surface area contributed by atoms with Crippen molar-refractivity contribution in [3.8, 4) is 11.6 Å². The third-order valence-electron chi connectivity index (χ3n) is 4.27. The Kier molecular flexibility index (Phi) is 4.12. The quantitative estimate of drug-likeness (QED) is 0.765. The molecular weight excluding hydrogens is 318 g/mol. The lowest BCUT2D eigenvalue weighted by Crippen LogP contribution is -2.28. The summed E-state index contributed by atoms with van der Waals surface area (Å²) in [6, 6.07) is 7.21. The summed E-state index contributed by atoms with van der Waals surface area (Å²) < 4.78 is 5.59. The molecule has 25 heavy (non-hydrogen) atoms. The van der Waals surface area contributed by atoms with Crippen molar-refractivity contribution in [3.63, 3.8) is 0 Å². The number of hydrogen-bond acceptors (Lipinski definition) is 5. The van der Waals surface area contributed by atoms with Gasteiger partial charge in [0.15, 0.2) is 0 Å². The van der Waals surface area contributed by atoms with Gasteiger partial charge >= 0.3 is 0 Å². The molecule has 0 saturated carbocycles. The van der Waals surface area contributed by atoms with Crippen LogP contribution in [0.15, 0.2) is 49.1 Å². The van der Waals surface area contributed by atoms with Crippen molar-refractivity contribution in [1.29, 1.82) is 0 Å². The molecule has 0 unspecified atom stereocenters. The van der Waals surface area contributed by atoms with Gasteiger partial charge in [0, 0.05) is 36.1 Å². The molecule has 7 heteroatoms. The smallest absolute Gasteiger partial charge is 0.237 e. The molecule has 2 heterocycles. The Morgan fingerprint density at radius 1 is 1.20 bits per heavy atom. The van der Waals surface area contributed by atoms with E-state index in [0.29, 0.717) is 18.1 Å². The van der Waals surface area contributed by atoms with E-state index in [1.54, 1.807) is 30.7 Å². The Morgan fingerprint density at radius 2 is 2.08 bits per heavy atom. The van der Waals surface area contributed by atoms with E-state index in [1.807, 2.05) is 18.3 Å². The number of H-pyrrole nitrogens is 1. The molecule has 0 bridgehead atoms. The largest absolute Gasteiger partial charge is 0.438 e. The lowest BCUT2D eigenvalue weighted by molar-refractivity contribution is -0.120. The van der Waals surface area contributed by atoms with E-state index in [4.69, 9.17) is 4.74 Å². The lowest BCUT2D eigenvalue weighted by Gasteiger charge is -2.20. The van der Waals surface area contributed by atoms with E-state index in [2.05, 4.69) is 25.5 Å². The average molecular weight is 335 g/mol. The van der Waals surface area contributed by atoms with Gasteiger partial charge in [-0.25, -0.2) is 4.98 Å². The Hall–Kier alpha value is -3.22. The summed E-state index contributed by atoms with van der Waals surface area (Å²) in [5.74, 6) is 1.06. The van der Waals surface area contributed by atoms with Crippen LogP contribution in [0.4, 0.5) is 5.69 Å². The van der Waals surface area contributed by atoms with Crippen molar-refractivity contribution in [2.45, 2.75) is 19.3 Å². The first-order valence-electron chi connectivity index (χ1n) is 8.14. The maximum absolute atomic E-state index is 12.5. The molecule has 2 aromatic heterocycles. The summed E-state index contributed by atoms with van der Waals surface area (Å²) in [6.45, 7) is 0. The summed E-state index contributed by atoms with van der Waals surface area (Å²) >= 11 is 0. The number of hydrogen-bond donors (Lipinski definition) is 2. The first-order valence-corrected chi connectivity index (χ1v) is 8.14. The van der Waals surface area contributed by atoms with Crippen molar-refractivity contribution in [2.75, 3.05) is 5.32 Å². The van der Waals surface area contributed by atoms with Crippen LogP contribution in [-0.4, -0.2) is 26.1 Å². The summed E-state index contributed by atoms with van der Waals surface area (Å²) in [6.07, 6.45) is 8.97. The van der Waals surface area contributed by atoms with Crippen LogP contribution in [0, 0.1) is 5.92 Å². The number of carbonyl (C=O) groups is 1. The SMILES string of the molecule is O=C(Nc1ccc(Oc2cnccn2)cc1)[C@@H]1CCc2cn[nH]c2C1. The summed E-state index contributed by atoms with van der Waals surface area (Å²) in [7, 11) is 0. The fourth-order valence-corrected chi connectivity index (χ4v) is 2.94. The van der Waals surface area contributed by atoms with Crippen molar-refractivity contribution in [1.82, 2.24) is 20.2 Å². The average Bonchev–Trinajstić information content (AvgIpc) is 3.12. The van der Waals surface area contributed by atoms with E-state index < -0.39 is 0 Å². The second kappa shape index (κ2) is 6.72. The van der Waals surface area contributed by atoms with Gasteiger partial charge in [-0.2, -0.15) is 5.10 Å². The zero-order chi connectivity index (χ0) is 17.1. The van der Waals surface area contributed by atoms with Crippen LogP contribution in [0.5, 0.6) is 11.6 Å². The highest BCUT2D eigenvalue weighted by molar-refractivity contribution is 5.92. The number of aromatic nitrogens is 4. The fourth-order valence-electron chi connectivity index (χ4n) is 2.94. The van der Waals surface area contributed by atoms with Crippen molar-refractivity contribution < 1.29 is 9.53 Å². The maximum atomic E-state index is 12.5. The molecule has 1 aliphatic rings. The van der Waals surface area contributed by atoms with E-state index in [1.165, 1.54) is 5.56 Å². The van der Waals surface area contributed by atoms with Crippen LogP contribution in [-0.2, 0) is 17.6 Å². The van der Waals surface area contributed by atoms with Gasteiger partial charge < -0.3 is 10.1 Å². The molecule has 3 aromatic rings. The van der Waals surface area contributed by atoms with Gasteiger partial charge in [-0.15, -0.1) is 0 Å². The summed E-state index contributed by atoms with van der Waals surface area (Å²) in [4.78, 5) is 20.5. The number of nitrogens with one attached hydrogen (secondary N) is 2. The molecule has 0 aliphatic heterocycles. The van der Waals surface area contributed by atoms with E-state index in [9.17, 15) is 4.79 Å². The molecule has 0 fully saturated rings. The Morgan fingerprint density at radius 3 is 2.88 bits per heavy atom. The molecule has 0 saturated heterocycles. The minimum absolute atomic E-state index is 0.0304. The normalized spacial score (nSPS) is 16.1. The van der Waals surface area contributed by atoms with E-state index in [-0.39, 0.29) is 11.8 Å². The van der Waals surface area contributed by atoms with Crippen LogP contribution in [0.2, 0.25) is 0 Å². The minimum atomic E-state index is -0.0385. The predicted octanol–water partition coefficient (Wildman–Crippen LogP) is 2.74. The topological polar surface area (TPSA) is 92.8 Å². The third kappa shape index (κ3) is 3.50. The number of anilines is 1. The predicted molar refractivity (Wildman–Crippen MR) is 91.3 cm³/mol. The summed E-state index contributed by atoms with van der Waals surface area (Å²) in [5, 5.41) is 9.99. The first kappa shape index (κ1) is 15.3. The molecule has 0 radical (unpaired) electrons. The molecule has 0 spiro atoms. The molecule has 126 valence electrons. The third-order valence-corrected chi connectivity index (χ3v) is 4.27. The van der Waals surface area contributed by atoms with E-state index in [0.717, 1.165) is 24.2 Å². The molecule has 1 aliphatic carbocycles. The van der Waals surface area contributed by atoms with Gasteiger partial charge in [0.1, 0.15) is 5.75 Å². The molecule has 2 N–H and O–H groups in total. The fraction of sp³-hybridized carbons (Fsp3) is 0.222. The number of aromatic amines is 1. The number of rotatable bonds is 4. The maximum Gasteiger partial charge on any atom is 0.237 e. The van der Waals surface area contributed by atoms with Gasteiger partial charge in [-0.3, -0.25) is 14.9 Å². The monoisotopic (exact) mass is 335 g/mol. The number of carbonyl (C=O) groups excluding carboxylic acids is 1. The molecule has 1 atom stereocenters. The second-order valence-corrected chi connectivity index (χ2v) is 5.97. The zero-order valence-corrected chi connectivity index (χ0v) is 13.5. The van der Waals surface area contributed by atoms with E-state index >= 15 is 0 Å². The zero-order valence-electron chi connectivity index (χ0n) is 13.5. The minimum Gasteiger partial charge on any atom is -0.438 e. The molecule has 4 rings (SSSR count). The Balaban J connectivity index is 1.37. The van der Waals surface area contributed by atoms with Crippen LogP contribution in [0.25, 0.3) is 0 Å². The van der Waals surface area contributed by atoms with Crippen LogP contribution >= 0.6 is 0 Å². The number of ether oxygens (including phenoxy) is 1. The Labute approximate surface area is 144 Å². The standard InChI is InChI=1S/C18H17N5O2/c24-18(12-1-2-13-10-21-23-16(13)9-12)22-14-3-5-15(6-4-14)25-17-11-19-7-8-20-17/h3-8,10-12H,1-2,9H2,(H,21,23)(H,22,24)/t12-/m1/s1. The summed E-state index contributed by atoms with van der Waals surface area (Å²) in [5.41, 5.74) is 3.03.